The standard InChI is InChI=1S/C23H29FN2O3/c1-18-6-2-3-9-22(18)29-13-5-10-23(27)25-17-21(26-11-14-28-15-12-26)19-7-4-8-20(24)16-19/h2-4,6-9,16,21H,5,10-15,17H2,1H3,(H,25,27). The number of para-hydroxylation sites is 1. The molecule has 0 aliphatic carbocycles. The number of ether oxygens (including phenoxy) is 2. The zero-order valence-corrected chi connectivity index (χ0v) is 16.9. The van der Waals surface area contributed by atoms with Crippen molar-refractivity contribution in [3.8, 4) is 5.75 Å². The molecule has 5 nitrogen and oxygen atoms in total. The molecule has 0 spiro atoms. The van der Waals surface area contributed by atoms with E-state index < -0.39 is 0 Å². The Bertz CT molecular complexity index is 793. The second-order valence-corrected chi connectivity index (χ2v) is 7.24. The van der Waals surface area contributed by atoms with Gasteiger partial charge in [0.2, 0.25) is 5.91 Å². The van der Waals surface area contributed by atoms with Crippen molar-refractivity contribution in [3.05, 3.63) is 65.5 Å². The minimum Gasteiger partial charge on any atom is -0.493 e. The molecule has 1 aliphatic rings. The van der Waals surface area contributed by atoms with Gasteiger partial charge in [0.05, 0.1) is 25.9 Å². The lowest BCUT2D eigenvalue weighted by Crippen LogP contribution is -2.43. The third-order valence-corrected chi connectivity index (χ3v) is 5.11. The Kier molecular flexibility index (Phi) is 8.02. The Labute approximate surface area is 171 Å². The average Bonchev–Trinajstić information content (AvgIpc) is 2.73. The molecule has 156 valence electrons. The Morgan fingerprint density at radius 2 is 2.00 bits per heavy atom. The van der Waals surface area contributed by atoms with Crippen molar-refractivity contribution in [1.29, 1.82) is 0 Å². The minimum atomic E-state index is -0.263. The summed E-state index contributed by atoms with van der Waals surface area (Å²) in [6.45, 7) is 5.77. The molecule has 1 aliphatic heterocycles. The molecular formula is C23H29FN2O3. The number of amides is 1. The number of benzene rings is 2. The molecule has 0 aromatic heterocycles. The number of rotatable bonds is 9. The maximum Gasteiger partial charge on any atom is 0.220 e. The molecule has 6 heteroatoms. The number of carbonyl (C=O) groups is 1. The Morgan fingerprint density at radius 3 is 2.76 bits per heavy atom. The van der Waals surface area contributed by atoms with Crippen molar-refractivity contribution in [2.24, 2.45) is 0 Å². The monoisotopic (exact) mass is 400 g/mol. The van der Waals surface area contributed by atoms with Gasteiger partial charge in [-0.2, -0.15) is 0 Å². The Hall–Kier alpha value is -2.44. The first-order chi connectivity index (χ1) is 14.1. The maximum atomic E-state index is 13.7. The maximum absolute atomic E-state index is 13.7. The topological polar surface area (TPSA) is 50.8 Å². The van der Waals surface area contributed by atoms with Crippen molar-refractivity contribution in [1.82, 2.24) is 10.2 Å². The fourth-order valence-corrected chi connectivity index (χ4v) is 3.49. The summed E-state index contributed by atoms with van der Waals surface area (Å²) in [4.78, 5) is 14.6. The molecule has 1 saturated heterocycles. The van der Waals surface area contributed by atoms with Gasteiger partial charge < -0.3 is 14.8 Å². The third-order valence-electron chi connectivity index (χ3n) is 5.11. The Morgan fingerprint density at radius 1 is 1.21 bits per heavy atom. The molecule has 3 rings (SSSR count). The number of carbonyl (C=O) groups excluding carboxylic acids is 1. The van der Waals surface area contributed by atoms with Crippen molar-refractivity contribution in [2.75, 3.05) is 39.5 Å². The van der Waals surface area contributed by atoms with Crippen LogP contribution in [-0.4, -0.2) is 50.3 Å². The van der Waals surface area contributed by atoms with E-state index in [9.17, 15) is 9.18 Å². The molecule has 1 heterocycles. The van der Waals surface area contributed by atoms with Crippen LogP contribution in [0.15, 0.2) is 48.5 Å². The van der Waals surface area contributed by atoms with E-state index in [0.717, 1.165) is 30.0 Å². The van der Waals surface area contributed by atoms with Crippen LogP contribution in [0, 0.1) is 12.7 Å². The third kappa shape index (κ3) is 6.54. The summed E-state index contributed by atoms with van der Waals surface area (Å²) in [5.41, 5.74) is 1.95. The first-order valence-electron chi connectivity index (χ1n) is 10.2. The quantitative estimate of drug-likeness (QED) is 0.655. The number of hydrogen-bond acceptors (Lipinski definition) is 4. The fraction of sp³-hybridized carbons (Fsp3) is 0.435. The summed E-state index contributed by atoms with van der Waals surface area (Å²) in [7, 11) is 0. The molecule has 2 aromatic rings. The van der Waals surface area contributed by atoms with Crippen LogP contribution in [0.2, 0.25) is 0 Å². The number of nitrogens with one attached hydrogen (secondary N) is 1. The highest BCUT2D eigenvalue weighted by molar-refractivity contribution is 5.75. The molecule has 1 N–H and O–H groups in total. The molecular weight excluding hydrogens is 371 g/mol. The van der Waals surface area contributed by atoms with E-state index in [0.29, 0.717) is 39.2 Å². The smallest absolute Gasteiger partial charge is 0.220 e. The lowest BCUT2D eigenvalue weighted by molar-refractivity contribution is -0.121. The molecule has 2 aromatic carbocycles. The highest BCUT2D eigenvalue weighted by Gasteiger charge is 2.23. The molecule has 1 amide bonds. The van der Waals surface area contributed by atoms with E-state index in [2.05, 4.69) is 10.2 Å². The van der Waals surface area contributed by atoms with Gasteiger partial charge >= 0.3 is 0 Å². The summed E-state index contributed by atoms with van der Waals surface area (Å²) in [6.07, 6.45) is 1.03. The lowest BCUT2D eigenvalue weighted by Gasteiger charge is -2.35. The van der Waals surface area contributed by atoms with E-state index in [-0.39, 0.29) is 17.8 Å². The van der Waals surface area contributed by atoms with E-state index in [4.69, 9.17) is 9.47 Å². The van der Waals surface area contributed by atoms with Crippen LogP contribution in [0.3, 0.4) is 0 Å². The van der Waals surface area contributed by atoms with Crippen molar-refractivity contribution in [2.45, 2.75) is 25.8 Å². The molecule has 0 bridgehead atoms. The zero-order valence-electron chi connectivity index (χ0n) is 16.9. The molecule has 0 radical (unpaired) electrons. The van der Waals surface area contributed by atoms with Gasteiger partial charge in [0.1, 0.15) is 11.6 Å². The number of nitrogens with zero attached hydrogens (tertiary/aromatic N) is 1. The van der Waals surface area contributed by atoms with Gasteiger partial charge in [-0.3, -0.25) is 9.69 Å². The molecule has 1 fully saturated rings. The summed E-state index contributed by atoms with van der Waals surface area (Å²) < 4.78 is 24.9. The van der Waals surface area contributed by atoms with Gasteiger partial charge in [-0.15, -0.1) is 0 Å². The number of morpholine rings is 1. The van der Waals surface area contributed by atoms with E-state index in [1.165, 1.54) is 6.07 Å². The van der Waals surface area contributed by atoms with Crippen molar-refractivity contribution >= 4 is 5.91 Å². The summed E-state index contributed by atoms with van der Waals surface area (Å²) in [5.74, 6) is 0.569. The lowest BCUT2D eigenvalue weighted by atomic mass is 10.0. The molecule has 0 saturated carbocycles. The number of aryl methyl sites for hydroxylation is 1. The van der Waals surface area contributed by atoms with Gasteiger partial charge in [-0.1, -0.05) is 30.3 Å². The SMILES string of the molecule is Cc1ccccc1OCCCC(=O)NCC(c1cccc(F)c1)N1CCOCC1. The second-order valence-electron chi connectivity index (χ2n) is 7.24. The zero-order chi connectivity index (χ0) is 20.5. The van der Waals surface area contributed by atoms with Crippen LogP contribution in [0.4, 0.5) is 4.39 Å². The van der Waals surface area contributed by atoms with E-state index >= 15 is 0 Å². The van der Waals surface area contributed by atoms with Crippen LogP contribution in [-0.2, 0) is 9.53 Å². The molecule has 29 heavy (non-hydrogen) atoms. The predicted octanol–water partition coefficient (Wildman–Crippen LogP) is 3.48. The highest BCUT2D eigenvalue weighted by Crippen LogP contribution is 2.22. The second kappa shape index (κ2) is 10.9. The van der Waals surface area contributed by atoms with Crippen LogP contribution in [0.5, 0.6) is 5.75 Å². The highest BCUT2D eigenvalue weighted by atomic mass is 19.1. The van der Waals surface area contributed by atoms with Gasteiger partial charge in [-0.25, -0.2) is 4.39 Å². The van der Waals surface area contributed by atoms with Crippen LogP contribution < -0.4 is 10.1 Å². The predicted molar refractivity (Wildman–Crippen MR) is 110 cm³/mol. The summed E-state index contributed by atoms with van der Waals surface area (Å²) >= 11 is 0. The van der Waals surface area contributed by atoms with Crippen LogP contribution >= 0.6 is 0 Å². The van der Waals surface area contributed by atoms with Gasteiger partial charge in [-0.05, 0) is 42.7 Å². The van der Waals surface area contributed by atoms with Gasteiger partial charge in [0.25, 0.3) is 0 Å². The average molecular weight is 400 g/mol. The van der Waals surface area contributed by atoms with E-state index in [1.54, 1.807) is 12.1 Å². The normalized spacial score (nSPS) is 15.7. The fourth-order valence-electron chi connectivity index (χ4n) is 3.49. The first-order valence-corrected chi connectivity index (χ1v) is 10.2. The summed E-state index contributed by atoms with van der Waals surface area (Å²) in [6, 6.07) is 14.4. The van der Waals surface area contributed by atoms with E-state index in [1.807, 2.05) is 37.3 Å². The van der Waals surface area contributed by atoms with Gasteiger partial charge in [0, 0.05) is 26.1 Å². The van der Waals surface area contributed by atoms with Crippen molar-refractivity contribution < 1.29 is 18.7 Å². The largest absolute Gasteiger partial charge is 0.493 e. The Balaban J connectivity index is 1.48. The molecule has 1 atom stereocenters. The minimum absolute atomic E-state index is 0.0203. The number of hydrogen-bond donors (Lipinski definition) is 1. The summed E-state index contributed by atoms with van der Waals surface area (Å²) in [5, 5.41) is 3.01. The van der Waals surface area contributed by atoms with Crippen LogP contribution in [0.25, 0.3) is 0 Å². The number of halogens is 1. The first kappa shape index (κ1) is 21.3. The van der Waals surface area contributed by atoms with Crippen molar-refractivity contribution in [3.63, 3.8) is 0 Å². The van der Waals surface area contributed by atoms with Crippen LogP contribution in [0.1, 0.15) is 30.0 Å². The molecule has 1 unspecified atom stereocenters. The van der Waals surface area contributed by atoms with Gasteiger partial charge in [0.15, 0.2) is 0 Å².